The highest BCUT2D eigenvalue weighted by Crippen LogP contribution is 2.36. The van der Waals surface area contributed by atoms with Crippen molar-refractivity contribution in [2.24, 2.45) is 0 Å². The number of nitriles is 1. The molecule has 0 amide bonds. The molecule has 7 nitrogen and oxygen atoms in total. The van der Waals surface area contributed by atoms with Gasteiger partial charge in [0.15, 0.2) is 5.79 Å². The highest BCUT2D eigenvalue weighted by molar-refractivity contribution is 7.98. The van der Waals surface area contributed by atoms with Gasteiger partial charge in [0.25, 0.3) is 0 Å². The molecule has 1 atom stereocenters. The van der Waals surface area contributed by atoms with Gasteiger partial charge in [0.2, 0.25) is 5.89 Å². The van der Waals surface area contributed by atoms with E-state index < -0.39 is 5.79 Å². The molecule has 206 valence electrons. The second kappa shape index (κ2) is 11.8. The zero-order chi connectivity index (χ0) is 28.4. The summed E-state index contributed by atoms with van der Waals surface area (Å²) in [6.07, 6.45) is 1.48. The molecule has 4 aromatic rings. The summed E-state index contributed by atoms with van der Waals surface area (Å²) < 4.78 is 23.0. The van der Waals surface area contributed by atoms with E-state index in [4.69, 9.17) is 46.8 Å². The number of aromatic nitrogens is 2. The maximum Gasteiger partial charge on any atom is 0.226 e. The molecule has 10 heteroatoms. The van der Waals surface area contributed by atoms with Crippen molar-refractivity contribution in [2.45, 2.75) is 50.4 Å². The average Bonchev–Trinajstić information content (AvgIpc) is 3.55. The minimum atomic E-state index is -0.584. The van der Waals surface area contributed by atoms with Crippen molar-refractivity contribution >= 4 is 35.0 Å². The second-order valence-electron chi connectivity index (χ2n) is 9.84. The van der Waals surface area contributed by atoms with E-state index in [1.165, 1.54) is 11.8 Å². The van der Waals surface area contributed by atoms with Crippen molar-refractivity contribution in [1.29, 1.82) is 5.26 Å². The predicted molar refractivity (Wildman–Crippen MR) is 156 cm³/mol. The first-order valence-electron chi connectivity index (χ1n) is 12.6. The van der Waals surface area contributed by atoms with Crippen LogP contribution in [0.4, 0.5) is 0 Å². The van der Waals surface area contributed by atoms with Crippen molar-refractivity contribution < 1.29 is 18.6 Å². The van der Waals surface area contributed by atoms with Crippen LogP contribution >= 0.6 is 35.0 Å². The Kier molecular flexibility index (Phi) is 8.41. The Morgan fingerprint density at radius 1 is 1.07 bits per heavy atom. The number of hydrogen-bond donors (Lipinski definition) is 0. The summed E-state index contributed by atoms with van der Waals surface area (Å²) in [6.45, 7) is 8.61. The van der Waals surface area contributed by atoms with Crippen LogP contribution in [-0.4, -0.2) is 35.1 Å². The fourth-order valence-electron chi connectivity index (χ4n) is 4.37. The van der Waals surface area contributed by atoms with Gasteiger partial charge in [-0.2, -0.15) is 5.26 Å². The van der Waals surface area contributed by atoms with Crippen molar-refractivity contribution in [3.05, 3.63) is 81.3 Å². The summed E-state index contributed by atoms with van der Waals surface area (Å²) in [5.41, 5.74) is 5.56. The molecule has 3 heterocycles. The van der Waals surface area contributed by atoms with Crippen LogP contribution in [-0.2, 0) is 15.2 Å². The fourth-order valence-corrected chi connectivity index (χ4v) is 5.57. The van der Waals surface area contributed by atoms with E-state index in [2.05, 4.69) is 11.1 Å². The van der Waals surface area contributed by atoms with Gasteiger partial charge in [-0.1, -0.05) is 47.1 Å². The molecule has 1 saturated heterocycles. The summed E-state index contributed by atoms with van der Waals surface area (Å²) in [6, 6.07) is 15.3. The van der Waals surface area contributed by atoms with Crippen LogP contribution in [0, 0.1) is 25.2 Å². The topological polar surface area (TPSA) is 90.4 Å². The predicted octanol–water partition coefficient (Wildman–Crippen LogP) is 8.02. The molecule has 0 aliphatic carbocycles. The number of aryl methyl sites for hydroxylation is 1. The Labute approximate surface area is 247 Å². The molecule has 5 rings (SSSR count). The lowest BCUT2D eigenvalue weighted by Crippen LogP contribution is -2.25. The second-order valence-corrected chi connectivity index (χ2v) is 11.6. The molecule has 0 radical (unpaired) electrons. The fraction of sp³-hybridized carbons (Fsp3) is 0.300. The maximum atomic E-state index is 10.2. The minimum absolute atomic E-state index is 0.116. The van der Waals surface area contributed by atoms with Crippen LogP contribution in [0.3, 0.4) is 0 Å². The number of benzene rings is 2. The quantitative estimate of drug-likeness (QED) is 0.189. The SMILES string of the molecule is Cc1nc(SCc2coc(-c3ccc(Cl)c(Cl)c3)n2)c(C#N)c(-c2ccc(OC[C@@H]3COC(C)(C)O3)cc2)c1C. The Bertz CT molecular complexity index is 1580. The lowest BCUT2D eigenvalue weighted by atomic mass is 9.96. The van der Waals surface area contributed by atoms with Crippen LogP contribution in [0.1, 0.15) is 36.4 Å². The van der Waals surface area contributed by atoms with Crippen LogP contribution in [0.5, 0.6) is 5.75 Å². The summed E-state index contributed by atoms with van der Waals surface area (Å²) in [5, 5.41) is 11.7. The van der Waals surface area contributed by atoms with Gasteiger partial charge in [0.05, 0.1) is 27.9 Å². The highest BCUT2D eigenvalue weighted by Gasteiger charge is 2.33. The summed E-state index contributed by atoms with van der Waals surface area (Å²) in [5.74, 6) is 1.06. The van der Waals surface area contributed by atoms with Gasteiger partial charge in [-0.05, 0) is 69.2 Å². The molecule has 0 bridgehead atoms. The number of thioether (sulfide) groups is 1. The van der Waals surface area contributed by atoms with Crippen molar-refractivity contribution in [3.63, 3.8) is 0 Å². The van der Waals surface area contributed by atoms with Gasteiger partial charge in [0, 0.05) is 22.6 Å². The van der Waals surface area contributed by atoms with Crippen LogP contribution < -0.4 is 4.74 Å². The van der Waals surface area contributed by atoms with Gasteiger partial charge < -0.3 is 18.6 Å². The van der Waals surface area contributed by atoms with E-state index in [-0.39, 0.29) is 6.10 Å². The lowest BCUT2D eigenvalue weighted by molar-refractivity contribution is -0.141. The summed E-state index contributed by atoms with van der Waals surface area (Å²) >= 11 is 13.6. The number of nitrogens with zero attached hydrogens (tertiary/aromatic N) is 3. The molecule has 0 spiro atoms. The molecule has 0 N–H and O–H groups in total. The zero-order valence-corrected chi connectivity index (χ0v) is 24.8. The van der Waals surface area contributed by atoms with Gasteiger partial charge >= 0.3 is 0 Å². The molecule has 40 heavy (non-hydrogen) atoms. The molecule has 0 unspecified atom stereocenters. The largest absolute Gasteiger partial charge is 0.491 e. The molecule has 0 saturated carbocycles. The number of halogens is 2. The monoisotopic (exact) mass is 595 g/mol. The van der Waals surface area contributed by atoms with E-state index in [1.54, 1.807) is 24.5 Å². The maximum absolute atomic E-state index is 10.2. The van der Waals surface area contributed by atoms with E-state index in [0.29, 0.717) is 45.5 Å². The number of ether oxygens (including phenoxy) is 3. The first-order valence-corrected chi connectivity index (χ1v) is 14.4. The lowest BCUT2D eigenvalue weighted by Gasteiger charge is -2.17. The molecular weight excluding hydrogens is 569 g/mol. The van der Waals surface area contributed by atoms with Gasteiger partial charge in [-0.3, -0.25) is 0 Å². The van der Waals surface area contributed by atoms with Crippen molar-refractivity contribution in [2.75, 3.05) is 13.2 Å². The third kappa shape index (κ3) is 6.30. The van der Waals surface area contributed by atoms with Crippen molar-refractivity contribution in [1.82, 2.24) is 9.97 Å². The first kappa shape index (κ1) is 28.5. The van der Waals surface area contributed by atoms with Gasteiger partial charge in [0.1, 0.15) is 35.8 Å². The normalized spacial score (nSPS) is 16.2. The molecule has 1 aliphatic heterocycles. The first-order chi connectivity index (χ1) is 19.1. The van der Waals surface area contributed by atoms with Gasteiger partial charge in [-0.15, -0.1) is 0 Å². The van der Waals surface area contributed by atoms with E-state index in [0.717, 1.165) is 39.4 Å². The van der Waals surface area contributed by atoms with Crippen LogP contribution in [0.25, 0.3) is 22.6 Å². The Morgan fingerprint density at radius 2 is 1.82 bits per heavy atom. The summed E-state index contributed by atoms with van der Waals surface area (Å²) in [7, 11) is 0. The Hall–Kier alpha value is -3.06. The van der Waals surface area contributed by atoms with E-state index in [9.17, 15) is 5.26 Å². The number of hydrogen-bond acceptors (Lipinski definition) is 8. The molecular formula is C30H27Cl2N3O4S. The van der Waals surface area contributed by atoms with E-state index >= 15 is 0 Å². The molecule has 1 fully saturated rings. The zero-order valence-electron chi connectivity index (χ0n) is 22.5. The van der Waals surface area contributed by atoms with E-state index in [1.807, 2.05) is 52.0 Å². The number of oxazole rings is 1. The smallest absolute Gasteiger partial charge is 0.226 e. The molecule has 1 aliphatic rings. The number of pyridine rings is 1. The standard InChI is InChI=1S/C30H27Cl2N3O4S/c1-17-18(2)34-29(40-16-21-13-37-28(35-21)20-7-10-25(31)26(32)11-20)24(12-33)27(17)19-5-8-22(9-6-19)36-14-23-15-38-30(3,4)39-23/h5-11,13,23H,14-16H2,1-4H3/t23-/m1/s1. The average molecular weight is 597 g/mol. The Morgan fingerprint density at radius 3 is 2.50 bits per heavy atom. The summed E-state index contributed by atoms with van der Waals surface area (Å²) in [4.78, 5) is 9.31. The van der Waals surface area contributed by atoms with Crippen LogP contribution in [0.15, 0.2) is 58.2 Å². The molecule has 2 aromatic heterocycles. The molecule has 2 aromatic carbocycles. The third-order valence-electron chi connectivity index (χ3n) is 6.48. The van der Waals surface area contributed by atoms with Gasteiger partial charge in [-0.25, -0.2) is 9.97 Å². The number of rotatable bonds is 8. The Balaban J connectivity index is 1.32. The highest BCUT2D eigenvalue weighted by atomic mass is 35.5. The van der Waals surface area contributed by atoms with Crippen molar-refractivity contribution in [3.8, 4) is 34.4 Å². The minimum Gasteiger partial charge on any atom is -0.491 e. The third-order valence-corrected chi connectivity index (χ3v) is 8.23. The van der Waals surface area contributed by atoms with Crippen LogP contribution in [0.2, 0.25) is 10.0 Å².